The summed E-state index contributed by atoms with van der Waals surface area (Å²) >= 11 is 0. The Bertz CT molecular complexity index is 1600. The second-order valence-electron chi connectivity index (χ2n) is 14.0. The van der Waals surface area contributed by atoms with Gasteiger partial charge in [-0.25, -0.2) is 4.72 Å². The number of benzene rings is 3. The smallest absolute Gasteiger partial charge is 0.366 e. The lowest BCUT2D eigenvalue weighted by atomic mass is 9.83. The molecule has 9 heteroatoms. The molecule has 0 radical (unpaired) electrons. The molecule has 47 heavy (non-hydrogen) atoms. The Labute approximate surface area is 282 Å². The summed E-state index contributed by atoms with van der Waals surface area (Å²) in [4.78, 5) is 26.4. The topological polar surface area (TPSA) is 128 Å². The average molecular weight is 664 g/mol. The van der Waals surface area contributed by atoms with Crippen LogP contribution in [0.4, 0.5) is 5.69 Å². The molecule has 1 atom stereocenters. The van der Waals surface area contributed by atoms with E-state index in [1.165, 1.54) is 5.56 Å². The molecule has 3 rings (SSSR count). The predicted molar refractivity (Wildman–Crippen MR) is 191 cm³/mol. The van der Waals surface area contributed by atoms with Crippen LogP contribution in [-0.2, 0) is 32.7 Å². The maximum atomic E-state index is 13.4. The summed E-state index contributed by atoms with van der Waals surface area (Å²) in [6.07, 6.45) is 0.281. The highest BCUT2D eigenvalue weighted by Crippen LogP contribution is 2.38. The van der Waals surface area contributed by atoms with Crippen LogP contribution < -0.4 is 20.0 Å². The van der Waals surface area contributed by atoms with E-state index < -0.39 is 22.3 Å². The van der Waals surface area contributed by atoms with E-state index in [-0.39, 0.29) is 41.7 Å². The van der Waals surface area contributed by atoms with Gasteiger partial charge in [-0.05, 0) is 76.0 Å². The molecule has 8 nitrogen and oxygen atoms in total. The molecule has 0 heterocycles. The number of carbonyl (C=O) groups is 2. The molecule has 3 aromatic rings. The lowest BCUT2D eigenvalue weighted by Gasteiger charge is -2.23. The van der Waals surface area contributed by atoms with Crippen molar-refractivity contribution in [1.29, 1.82) is 0 Å². The fraction of sp³-hybridized carbons (Fsp3) is 0.474. The molecule has 0 fully saturated rings. The van der Waals surface area contributed by atoms with E-state index >= 15 is 0 Å². The standard InChI is InChI=1S/C38H53N3O5S/c1-22(2)28-17-30(23(3)4)34(31(18-28)24(5)6)21-36(42)41-47(44,45)46-37-32(25(7)8)19-29(20-33(37)26(9)10)40-38(43)35(39)16-27-14-12-11-13-15-27/h11-15,17-20,22-26,35H,16,21,39H2,1-10H3,(H,40,43)(H,41,42). The van der Waals surface area contributed by atoms with Crippen LogP contribution in [0.1, 0.15) is 138 Å². The van der Waals surface area contributed by atoms with Crippen molar-refractivity contribution in [1.82, 2.24) is 4.72 Å². The molecule has 0 saturated heterocycles. The molecule has 3 aromatic carbocycles. The number of amides is 2. The molecule has 0 aliphatic rings. The third kappa shape index (κ3) is 10.1. The van der Waals surface area contributed by atoms with Gasteiger partial charge in [-0.2, -0.15) is 8.42 Å². The maximum absolute atomic E-state index is 13.4. The van der Waals surface area contributed by atoms with Gasteiger partial charge in [0.15, 0.2) is 5.75 Å². The third-order valence-corrected chi connectivity index (χ3v) is 9.18. The average Bonchev–Trinajstić information content (AvgIpc) is 2.96. The minimum absolute atomic E-state index is 0.0930. The number of rotatable bonds is 14. The van der Waals surface area contributed by atoms with Gasteiger partial charge in [0, 0.05) is 16.8 Å². The number of hydrogen-bond donors (Lipinski definition) is 3. The molecule has 256 valence electrons. The monoisotopic (exact) mass is 663 g/mol. The van der Waals surface area contributed by atoms with Crippen LogP contribution in [0.3, 0.4) is 0 Å². The van der Waals surface area contributed by atoms with Crippen molar-refractivity contribution in [2.45, 2.75) is 118 Å². The summed E-state index contributed by atoms with van der Waals surface area (Å²) in [7, 11) is -4.54. The van der Waals surface area contributed by atoms with E-state index in [1.54, 1.807) is 12.1 Å². The van der Waals surface area contributed by atoms with E-state index in [9.17, 15) is 18.0 Å². The van der Waals surface area contributed by atoms with Crippen LogP contribution in [0.2, 0.25) is 0 Å². The van der Waals surface area contributed by atoms with Crippen molar-refractivity contribution in [2.24, 2.45) is 5.73 Å². The van der Waals surface area contributed by atoms with Gasteiger partial charge in [0.2, 0.25) is 11.8 Å². The fourth-order valence-corrected chi connectivity index (χ4v) is 6.48. The number of anilines is 1. The van der Waals surface area contributed by atoms with E-state index in [1.807, 2.05) is 58.0 Å². The highest BCUT2D eigenvalue weighted by Gasteiger charge is 2.27. The second-order valence-corrected chi connectivity index (χ2v) is 15.2. The van der Waals surface area contributed by atoms with Crippen LogP contribution in [0.15, 0.2) is 54.6 Å². The molecule has 0 aliphatic heterocycles. The normalized spacial score (nSPS) is 12.7. The van der Waals surface area contributed by atoms with Crippen LogP contribution in [-0.4, -0.2) is 26.3 Å². The van der Waals surface area contributed by atoms with E-state index in [0.717, 1.165) is 22.3 Å². The van der Waals surface area contributed by atoms with Crippen LogP contribution in [0, 0.1) is 0 Å². The lowest BCUT2D eigenvalue weighted by molar-refractivity contribution is -0.119. The molecule has 0 bridgehead atoms. The van der Waals surface area contributed by atoms with E-state index in [2.05, 4.69) is 63.7 Å². The summed E-state index contributed by atoms with van der Waals surface area (Å²) < 4.78 is 34.7. The van der Waals surface area contributed by atoms with Crippen LogP contribution >= 0.6 is 0 Å². The summed E-state index contributed by atoms with van der Waals surface area (Å²) in [6.45, 7) is 20.2. The predicted octanol–water partition coefficient (Wildman–Crippen LogP) is 7.79. The lowest BCUT2D eigenvalue weighted by Crippen LogP contribution is -2.37. The van der Waals surface area contributed by atoms with Crippen LogP contribution in [0.25, 0.3) is 0 Å². The van der Waals surface area contributed by atoms with Gasteiger partial charge >= 0.3 is 10.3 Å². The van der Waals surface area contributed by atoms with Gasteiger partial charge in [0.05, 0.1) is 12.5 Å². The zero-order chi connectivity index (χ0) is 35.2. The minimum Gasteiger partial charge on any atom is -0.366 e. The van der Waals surface area contributed by atoms with Crippen molar-refractivity contribution in [3.63, 3.8) is 0 Å². The second kappa shape index (κ2) is 15.9. The Hall–Kier alpha value is -3.69. The molecule has 2 amide bonds. The first-order valence-corrected chi connectivity index (χ1v) is 18.0. The molecule has 4 N–H and O–H groups in total. The highest BCUT2D eigenvalue weighted by molar-refractivity contribution is 7.85. The molecule has 0 aromatic heterocycles. The third-order valence-electron chi connectivity index (χ3n) is 8.31. The Morgan fingerprint density at radius 3 is 1.66 bits per heavy atom. The first-order chi connectivity index (χ1) is 21.9. The summed E-state index contributed by atoms with van der Waals surface area (Å²) in [5.41, 5.74) is 12.9. The molecule has 1 unspecified atom stereocenters. The van der Waals surface area contributed by atoms with Gasteiger partial charge in [-0.15, -0.1) is 0 Å². The Kier molecular flexibility index (Phi) is 12.8. The fourth-order valence-electron chi connectivity index (χ4n) is 5.67. The first kappa shape index (κ1) is 37.8. The molecular formula is C38H53N3O5S. The quantitative estimate of drug-likeness (QED) is 0.162. The van der Waals surface area contributed by atoms with Crippen molar-refractivity contribution in [2.75, 3.05) is 5.32 Å². The van der Waals surface area contributed by atoms with Gasteiger partial charge in [-0.3, -0.25) is 9.59 Å². The zero-order valence-corrected chi connectivity index (χ0v) is 30.4. The largest absolute Gasteiger partial charge is 0.409 e. The Morgan fingerprint density at radius 1 is 0.723 bits per heavy atom. The number of nitrogens with one attached hydrogen (secondary N) is 2. The van der Waals surface area contributed by atoms with E-state index in [4.69, 9.17) is 9.92 Å². The summed E-state index contributed by atoms with van der Waals surface area (Å²) in [5, 5.41) is 2.90. The summed E-state index contributed by atoms with van der Waals surface area (Å²) in [6, 6.07) is 16.4. The van der Waals surface area contributed by atoms with Gasteiger partial charge in [0.1, 0.15) is 0 Å². The summed E-state index contributed by atoms with van der Waals surface area (Å²) in [5.74, 6) is -0.581. The zero-order valence-electron chi connectivity index (χ0n) is 29.6. The van der Waals surface area contributed by atoms with Gasteiger partial charge < -0.3 is 15.2 Å². The number of carbonyl (C=O) groups excluding carboxylic acids is 2. The SMILES string of the molecule is CC(C)c1cc(C(C)C)c(CC(=O)NS(=O)(=O)Oc2c(C(C)C)cc(NC(=O)C(N)Cc3ccccc3)cc2C(C)C)c(C(C)C)c1. The molecule has 0 aliphatic carbocycles. The van der Waals surface area contributed by atoms with Crippen molar-refractivity contribution < 1.29 is 22.2 Å². The van der Waals surface area contributed by atoms with Gasteiger partial charge in [0.25, 0.3) is 0 Å². The van der Waals surface area contributed by atoms with Crippen molar-refractivity contribution in [3.05, 3.63) is 93.5 Å². The highest BCUT2D eigenvalue weighted by atomic mass is 32.2. The number of hydrogen-bond acceptors (Lipinski definition) is 6. The molecule has 0 spiro atoms. The van der Waals surface area contributed by atoms with Crippen molar-refractivity contribution >= 4 is 27.8 Å². The maximum Gasteiger partial charge on any atom is 0.409 e. The molecular weight excluding hydrogens is 611 g/mol. The minimum atomic E-state index is -4.54. The van der Waals surface area contributed by atoms with Gasteiger partial charge in [-0.1, -0.05) is 112 Å². The Morgan fingerprint density at radius 2 is 1.21 bits per heavy atom. The van der Waals surface area contributed by atoms with Crippen LogP contribution in [0.5, 0.6) is 5.75 Å². The van der Waals surface area contributed by atoms with E-state index in [0.29, 0.717) is 29.2 Å². The Balaban J connectivity index is 1.90. The first-order valence-electron chi connectivity index (χ1n) is 16.6. The molecule has 0 saturated carbocycles. The number of nitrogens with two attached hydrogens (primary N) is 1. The van der Waals surface area contributed by atoms with Crippen molar-refractivity contribution in [3.8, 4) is 5.75 Å².